The molecule has 180 valence electrons. The van der Waals surface area contributed by atoms with Crippen LogP contribution in [0.15, 0.2) is 0 Å². The fraction of sp³-hybridized carbons (Fsp3) is 0.957. The number of amides is 1. The Labute approximate surface area is 185 Å². The summed E-state index contributed by atoms with van der Waals surface area (Å²) in [6.07, 6.45) is 21.3. The van der Waals surface area contributed by atoms with Crippen LogP contribution in [-0.4, -0.2) is 31.1 Å². The molecule has 0 spiro atoms. The number of rotatable bonds is 23. The third-order valence-electron chi connectivity index (χ3n) is 5.39. The van der Waals surface area contributed by atoms with Crippen molar-refractivity contribution in [2.24, 2.45) is 0 Å². The zero-order valence-corrected chi connectivity index (χ0v) is 20.6. The van der Waals surface area contributed by atoms with Crippen LogP contribution in [0.1, 0.15) is 122 Å². The van der Waals surface area contributed by atoms with E-state index in [0.29, 0.717) is 19.4 Å². The SMILES string of the molecule is CCCCCCCCCCCCCCCC(=O)NCCCCCCOP(=O)(O)OC. The van der Waals surface area contributed by atoms with Crippen LogP contribution in [0.4, 0.5) is 0 Å². The zero-order chi connectivity index (χ0) is 22.3. The first-order valence-corrected chi connectivity index (χ1v) is 13.8. The highest BCUT2D eigenvalue weighted by Crippen LogP contribution is 2.41. The van der Waals surface area contributed by atoms with Crippen LogP contribution in [0.3, 0.4) is 0 Å². The van der Waals surface area contributed by atoms with Crippen LogP contribution in [-0.2, 0) is 18.4 Å². The summed E-state index contributed by atoms with van der Waals surface area (Å²) in [5.74, 6) is 0.155. The second kappa shape index (κ2) is 21.8. The van der Waals surface area contributed by atoms with Gasteiger partial charge in [0.15, 0.2) is 0 Å². The molecule has 0 aromatic rings. The molecular formula is C23H48NO5P. The number of carbonyl (C=O) groups is 1. The Morgan fingerprint density at radius 1 is 0.767 bits per heavy atom. The Morgan fingerprint density at radius 2 is 1.23 bits per heavy atom. The number of phosphoric ester groups is 1. The van der Waals surface area contributed by atoms with Gasteiger partial charge in [0, 0.05) is 20.1 Å². The van der Waals surface area contributed by atoms with Gasteiger partial charge in [-0.25, -0.2) is 4.57 Å². The van der Waals surface area contributed by atoms with Crippen molar-refractivity contribution in [2.75, 3.05) is 20.3 Å². The molecule has 0 fully saturated rings. The van der Waals surface area contributed by atoms with Crippen molar-refractivity contribution < 1.29 is 23.3 Å². The molecule has 2 N–H and O–H groups in total. The van der Waals surface area contributed by atoms with Gasteiger partial charge in [-0.2, -0.15) is 0 Å². The quantitative estimate of drug-likeness (QED) is 0.131. The Morgan fingerprint density at radius 3 is 1.77 bits per heavy atom. The molecule has 1 atom stereocenters. The van der Waals surface area contributed by atoms with Gasteiger partial charge < -0.3 is 10.2 Å². The van der Waals surface area contributed by atoms with Crippen molar-refractivity contribution in [3.63, 3.8) is 0 Å². The van der Waals surface area contributed by atoms with Crippen molar-refractivity contribution in [3.8, 4) is 0 Å². The highest BCUT2D eigenvalue weighted by molar-refractivity contribution is 7.47. The predicted molar refractivity (Wildman–Crippen MR) is 125 cm³/mol. The van der Waals surface area contributed by atoms with Crippen molar-refractivity contribution in [3.05, 3.63) is 0 Å². The molecule has 0 aliphatic carbocycles. The lowest BCUT2D eigenvalue weighted by Gasteiger charge is -2.09. The van der Waals surface area contributed by atoms with Gasteiger partial charge in [-0.3, -0.25) is 13.8 Å². The fourth-order valence-electron chi connectivity index (χ4n) is 3.43. The maximum absolute atomic E-state index is 11.8. The van der Waals surface area contributed by atoms with Crippen molar-refractivity contribution in [1.29, 1.82) is 0 Å². The van der Waals surface area contributed by atoms with E-state index in [1.807, 2.05) is 0 Å². The molecule has 0 aromatic carbocycles. The van der Waals surface area contributed by atoms with Crippen molar-refractivity contribution in [1.82, 2.24) is 5.32 Å². The van der Waals surface area contributed by atoms with Crippen LogP contribution in [0.2, 0.25) is 0 Å². The van der Waals surface area contributed by atoms with Gasteiger partial charge in [-0.05, 0) is 19.3 Å². The smallest absolute Gasteiger partial charge is 0.356 e. The summed E-state index contributed by atoms with van der Waals surface area (Å²) in [5, 5.41) is 2.98. The number of unbranched alkanes of at least 4 members (excludes halogenated alkanes) is 15. The molecule has 6 nitrogen and oxygen atoms in total. The van der Waals surface area contributed by atoms with Crippen LogP contribution >= 0.6 is 7.82 Å². The number of nitrogens with one attached hydrogen (secondary N) is 1. The summed E-state index contributed by atoms with van der Waals surface area (Å²) in [6.45, 7) is 3.18. The predicted octanol–water partition coefficient (Wildman–Crippen LogP) is 6.91. The standard InChI is InChI=1S/C23H48NO5P/c1-3-4-5-6-7-8-9-10-11-12-13-14-17-20-23(25)24-21-18-15-16-19-22-29-30(26,27)28-2/h3-22H2,1-2H3,(H,24,25)(H,26,27). The van der Waals surface area contributed by atoms with Gasteiger partial charge in [0.1, 0.15) is 0 Å². The third kappa shape index (κ3) is 22.3. The molecule has 0 saturated carbocycles. The number of hydrogen-bond acceptors (Lipinski definition) is 4. The summed E-state index contributed by atoms with van der Waals surface area (Å²) in [5.41, 5.74) is 0. The van der Waals surface area contributed by atoms with E-state index in [0.717, 1.165) is 39.2 Å². The maximum atomic E-state index is 11.8. The van der Waals surface area contributed by atoms with E-state index >= 15 is 0 Å². The summed E-state index contributed by atoms with van der Waals surface area (Å²) < 4.78 is 20.2. The first-order chi connectivity index (χ1) is 14.5. The highest BCUT2D eigenvalue weighted by Gasteiger charge is 2.17. The number of phosphoric acid groups is 1. The molecule has 0 radical (unpaired) electrons. The Hall–Kier alpha value is -0.420. The molecule has 0 aliphatic rings. The van der Waals surface area contributed by atoms with Crippen LogP contribution < -0.4 is 5.32 Å². The molecule has 0 bridgehead atoms. The topological polar surface area (TPSA) is 84.9 Å². The Bertz CT molecular complexity index is 434. The molecule has 30 heavy (non-hydrogen) atoms. The second-order valence-electron chi connectivity index (χ2n) is 8.24. The van der Waals surface area contributed by atoms with Gasteiger partial charge in [-0.1, -0.05) is 96.8 Å². The van der Waals surface area contributed by atoms with Gasteiger partial charge in [0.05, 0.1) is 6.61 Å². The average Bonchev–Trinajstić information content (AvgIpc) is 2.73. The van der Waals surface area contributed by atoms with E-state index < -0.39 is 7.82 Å². The summed E-state index contributed by atoms with van der Waals surface area (Å²) >= 11 is 0. The summed E-state index contributed by atoms with van der Waals surface area (Å²) in [6, 6.07) is 0. The number of carbonyl (C=O) groups excluding carboxylic acids is 1. The minimum Gasteiger partial charge on any atom is -0.356 e. The van der Waals surface area contributed by atoms with E-state index in [2.05, 4.69) is 16.8 Å². The van der Waals surface area contributed by atoms with E-state index in [4.69, 9.17) is 9.42 Å². The van der Waals surface area contributed by atoms with Gasteiger partial charge >= 0.3 is 7.82 Å². The van der Waals surface area contributed by atoms with Gasteiger partial charge in [0.25, 0.3) is 0 Å². The zero-order valence-electron chi connectivity index (χ0n) is 19.7. The van der Waals surface area contributed by atoms with Crippen LogP contribution in [0.25, 0.3) is 0 Å². The molecule has 1 amide bonds. The Balaban J connectivity index is 3.23. The van der Waals surface area contributed by atoms with E-state index in [1.54, 1.807) is 0 Å². The third-order valence-corrected chi connectivity index (χ3v) is 6.36. The van der Waals surface area contributed by atoms with Gasteiger partial charge in [-0.15, -0.1) is 0 Å². The molecule has 1 unspecified atom stereocenters. The minimum atomic E-state index is -3.83. The molecule has 0 aliphatic heterocycles. The van der Waals surface area contributed by atoms with Gasteiger partial charge in [0.2, 0.25) is 5.91 Å². The monoisotopic (exact) mass is 449 g/mol. The Kier molecular flexibility index (Phi) is 21.5. The van der Waals surface area contributed by atoms with Crippen LogP contribution in [0, 0.1) is 0 Å². The second-order valence-corrected chi connectivity index (χ2v) is 9.80. The van der Waals surface area contributed by atoms with E-state index in [-0.39, 0.29) is 12.5 Å². The number of hydrogen-bond donors (Lipinski definition) is 2. The molecular weight excluding hydrogens is 401 g/mol. The lowest BCUT2D eigenvalue weighted by Crippen LogP contribution is -2.23. The lowest BCUT2D eigenvalue weighted by atomic mass is 10.0. The fourth-order valence-corrected chi connectivity index (χ4v) is 3.90. The molecule has 7 heteroatoms. The molecule has 0 heterocycles. The summed E-state index contributed by atoms with van der Waals surface area (Å²) in [7, 11) is -2.68. The largest absolute Gasteiger partial charge is 0.471 e. The first kappa shape index (κ1) is 29.6. The van der Waals surface area contributed by atoms with Crippen molar-refractivity contribution in [2.45, 2.75) is 122 Å². The first-order valence-electron chi connectivity index (χ1n) is 12.3. The summed E-state index contributed by atoms with van der Waals surface area (Å²) in [4.78, 5) is 20.9. The average molecular weight is 450 g/mol. The van der Waals surface area contributed by atoms with Crippen LogP contribution in [0.5, 0.6) is 0 Å². The normalized spacial score (nSPS) is 13.3. The van der Waals surface area contributed by atoms with E-state index in [9.17, 15) is 9.36 Å². The molecule has 0 aromatic heterocycles. The highest BCUT2D eigenvalue weighted by atomic mass is 31.2. The minimum absolute atomic E-state index is 0.155. The molecule has 0 rings (SSSR count). The lowest BCUT2D eigenvalue weighted by molar-refractivity contribution is -0.121. The maximum Gasteiger partial charge on any atom is 0.471 e. The molecule has 0 saturated heterocycles. The van der Waals surface area contributed by atoms with E-state index in [1.165, 1.54) is 70.6 Å². The van der Waals surface area contributed by atoms with Crippen molar-refractivity contribution >= 4 is 13.7 Å².